The normalized spacial score (nSPS) is 10.0. The average Bonchev–Trinajstić information content (AvgIpc) is 2.20. The Labute approximate surface area is 93.7 Å². The zero-order valence-corrected chi connectivity index (χ0v) is 9.43. The molecular formula is C12H10N2S. The number of para-hydroxylation sites is 1. The van der Waals surface area contributed by atoms with E-state index in [0.29, 0.717) is 0 Å². The van der Waals surface area contributed by atoms with Crippen LogP contribution in [0.25, 0.3) is 10.9 Å². The van der Waals surface area contributed by atoms with Gasteiger partial charge in [-0.05, 0) is 37.7 Å². The van der Waals surface area contributed by atoms with Crippen LogP contribution in [0.15, 0.2) is 29.3 Å². The van der Waals surface area contributed by atoms with Gasteiger partial charge in [0.05, 0.1) is 16.4 Å². The topological polar surface area (TPSA) is 25.2 Å². The molecule has 2 nitrogen and oxygen atoms in total. The molecule has 1 aromatic carbocycles. The Hall–Kier alpha value is -1.57. The summed E-state index contributed by atoms with van der Waals surface area (Å²) in [6, 6.07) is 7.96. The zero-order valence-electron chi connectivity index (χ0n) is 8.61. The second kappa shape index (κ2) is 3.89. The molecule has 2 aromatic rings. The highest BCUT2D eigenvalue weighted by Crippen LogP contribution is 2.27. The van der Waals surface area contributed by atoms with Gasteiger partial charge in [-0.15, -0.1) is 0 Å². The number of fused-ring (bicyclic) bond motifs is 1. The van der Waals surface area contributed by atoms with Crippen molar-refractivity contribution in [3.63, 3.8) is 0 Å². The Morgan fingerprint density at radius 3 is 2.87 bits per heavy atom. The molecule has 0 saturated carbocycles. The van der Waals surface area contributed by atoms with E-state index in [1.807, 2.05) is 38.1 Å². The van der Waals surface area contributed by atoms with Crippen LogP contribution in [0.2, 0.25) is 0 Å². The van der Waals surface area contributed by atoms with Crippen molar-refractivity contribution in [2.24, 2.45) is 4.99 Å². The van der Waals surface area contributed by atoms with Gasteiger partial charge in [0, 0.05) is 11.1 Å². The van der Waals surface area contributed by atoms with Crippen LogP contribution in [-0.4, -0.2) is 10.1 Å². The number of isothiocyanates is 1. The lowest BCUT2D eigenvalue weighted by Crippen LogP contribution is -1.87. The molecular weight excluding hydrogens is 204 g/mol. The quantitative estimate of drug-likeness (QED) is 0.535. The third-order valence-electron chi connectivity index (χ3n) is 2.31. The van der Waals surface area contributed by atoms with Crippen molar-refractivity contribution in [1.29, 1.82) is 0 Å². The van der Waals surface area contributed by atoms with Crippen molar-refractivity contribution in [3.05, 3.63) is 35.5 Å². The highest BCUT2D eigenvalue weighted by Gasteiger charge is 2.04. The lowest BCUT2D eigenvalue weighted by molar-refractivity contribution is 1.24. The summed E-state index contributed by atoms with van der Waals surface area (Å²) < 4.78 is 0. The molecule has 0 spiro atoms. The van der Waals surface area contributed by atoms with E-state index in [1.165, 1.54) is 0 Å². The molecule has 0 aliphatic rings. The van der Waals surface area contributed by atoms with E-state index in [9.17, 15) is 0 Å². The van der Waals surface area contributed by atoms with E-state index in [2.05, 4.69) is 27.4 Å². The molecule has 2 rings (SSSR count). The van der Waals surface area contributed by atoms with Gasteiger partial charge in [0.25, 0.3) is 0 Å². The molecule has 0 aliphatic heterocycles. The molecule has 0 fully saturated rings. The van der Waals surface area contributed by atoms with Gasteiger partial charge in [-0.2, -0.15) is 4.99 Å². The summed E-state index contributed by atoms with van der Waals surface area (Å²) in [5.74, 6) is 0. The standard InChI is InChI=1S/C12H10N2S/c1-8-4-3-5-10-11(13-7-15)6-9(2)14-12(8)10/h3-6H,1-2H3. The van der Waals surface area contributed by atoms with Crippen LogP contribution < -0.4 is 0 Å². The Morgan fingerprint density at radius 2 is 2.13 bits per heavy atom. The van der Waals surface area contributed by atoms with Crippen LogP contribution in [0.3, 0.4) is 0 Å². The van der Waals surface area contributed by atoms with Gasteiger partial charge in [0.1, 0.15) is 0 Å². The Kier molecular flexibility index (Phi) is 2.58. The number of aryl methyl sites for hydroxylation is 2. The number of hydrogen-bond acceptors (Lipinski definition) is 3. The van der Waals surface area contributed by atoms with Gasteiger partial charge in [-0.3, -0.25) is 4.98 Å². The summed E-state index contributed by atoms with van der Waals surface area (Å²) in [5.41, 5.74) is 3.93. The number of thiocarbonyl (C=S) groups is 1. The maximum absolute atomic E-state index is 4.64. The van der Waals surface area contributed by atoms with Crippen LogP contribution in [0.4, 0.5) is 5.69 Å². The van der Waals surface area contributed by atoms with Crippen molar-refractivity contribution in [3.8, 4) is 0 Å². The van der Waals surface area contributed by atoms with Gasteiger partial charge >= 0.3 is 0 Å². The van der Waals surface area contributed by atoms with Crippen molar-refractivity contribution < 1.29 is 0 Å². The molecule has 1 aromatic heterocycles. The number of hydrogen-bond donors (Lipinski definition) is 0. The third kappa shape index (κ3) is 1.80. The smallest absolute Gasteiger partial charge is 0.0851 e. The van der Waals surface area contributed by atoms with Crippen LogP contribution in [0.1, 0.15) is 11.3 Å². The van der Waals surface area contributed by atoms with Gasteiger partial charge in [0.15, 0.2) is 0 Å². The average molecular weight is 214 g/mol. The monoisotopic (exact) mass is 214 g/mol. The summed E-state index contributed by atoms with van der Waals surface area (Å²) in [5, 5.41) is 3.43. The molecule has 0 unspecified atom stereocenters. The van der Waals surface area contributed by atoms with Crippen molar-refractivity contribution in [2.45, 2.75) is 13.8 Å². The first-order valence-corrected chi connectivity index (χ1v) is 5.08. The molecule has 0 N–H and O–H groups in total. The van der Waals surface area contributed by atoms with Crippen LogP contribution in [-0.2, 0) is 0 Å². The largest absolute Gasteiger partial charge is 0.253 e. The summed E-state index contributed by atoms with van der Waals surface area (Å²) in [6.07, 6.45) is 0. The fraction of sp³-hybridized carbons (Fsp3) is 0.167. The Balaban J connectivity index is 2.92. The maximum Gasteiger partial charge on any atom is 0.0851 e. The van der Waals surface area contributed by atoms with E-state index in [-0.39, 0.29) is 0 Å². The Morgan fingerprint density at radius 1 is 1.33 bits per heavy atom. The molecule has 0 aliphatic carbocycles. The number of rotatable bonds is 1. The molecule has 0 saturated heterocycles. The van der Waals surface area contributed by atoms with Gasteiger partial charge in [-0.1, -0.05) is 18.2 Å². The van der Waals surface area contributed by atoms with E-state index >= 15 is 0 Å². The number of aliphatic imine (C=N–C) groups is 1. The van der Waals surface area contributed by atoms with E-state index in [4.69, 9.17) is 0 Å². The van der Waals surface area contributed by atoms with Crippen molar-refractivity contribution >= 4 is 34.0 Å². The lowest BCUT2D eigenvalue weighted by Gasteiger charge is -2.04. The molecule has 74 valence electrons. The predicted octanol–water partition coefficient (Wildman–Crippen LogP) is 3.59. The first-order chi connectivity index (χ1) is 7.22. The van der Waals surface area contributed by atoms with Gasteiger partial charge in [-0.25, -0.2) is 0 Å². The number of pyridine rings is 1. The number of nitrogens with zero attached hydrogens (tertiary/aromatic N) is 2. The summed E-state index contributed by atoms with van der Waals surface area (Å²) in [7, 11) is 0. The van der Waals surface area contributed by atoms with E-state index in [1.54, 1.807) is 0 Å². The van der Waals surface area contributed by atoms with Gasteiger partial charge in [0.2, 0.25) is 0 Å². The van der Waals surface area contributed by atoms with E-state index < -0.39 is 0 Å². The molecule has 15 heavy (non-hydrogen) atoms. The highest BCUT2D eigenvalue weighted by atomic mass is 32.1. The number of benzene rings is 1. The van der Waals surface area contributed by atoms with Crippen LogP contribution >= 0.6 is 12.2 Å². The summed E-state index contributed by atoms with van der Waals surface area (Å²) >= 11 is 4.64. The molecule has 0 bridgehead atoms. The maximum atomic E-state index is 4.64. The Bertz CT molecular complexity index is 569. The van der Waals surface area contributed by atoms with Crippen LogP contribution in [0.5, 0.6) is 0 Å². The summed E-state index contributed by atoms with van der Waals surface area (Å²) in [4.78, 5) is 8.56. The molecule has 3 heteroatoms. The molecule has 0 radical (unpaired) electrons. The highest BCUT2D eigenvalue weighted by molar-refractivity contribution is 7.78. The zero-order chi connectivity index (χ0) is 10.8. The first-order valence-electron chi connectivity index (χ1n) is 4.67. The molecule has 0 atom stereocenters. The second-order valence-electron chi connectivity index (χ2n) is 3.46. The minimum absolute atomic E-state index is 0.844. The third-order valence-corrected chi connectivity index (χ3v) is 2.40. The molecule has 0 amide bonds. The first kappa shape index (κ1) is 9.97. The fourth-order valence-electron chi connectivity index (χ4n) is 1.64. The SMILES string of the molecule is Cc1cc(N=C=S)c2cccc(C)c2n1. The van der Waals surface area contributed by atoms with Crippen molar-refractivity contribution in [2.75, 3.05) is 0 Å². The fourth-order valence-corrected chi connectivity index (χ4v) is 1.74. The second-order valence-corrected chi connectivity index (χ2v) is 3.64. The minimum Gasteiger partial charge on any atom is -0.253 e. The van der Waals surface area contributed by atoms with Gasteiger partial charge < -0.3 is 0 Å². The summed E-state index contributed by atoms with van der Waals surface area (Å²) in [6.45, 7) is 3.99. The predicted molar refractivity (Wildman–Crippen MR) is 65.9 cm³/mol. The van der Waals surface area contributed by atoms with Crippen molar-refractivity contribution in [1.82, 2.24) is 4.98 Å². The molecule has 1 heterocycles. The van der Waals surface area contributed by atoms with Crippen LogP contribution in [0, 0.1) is 13.8 Å². The minimum atomic E-state index is 0.844. The number of aromatic nitrogens is 1. The van der Waals surface area contributed by atoms with E-state index in [0.717, 1.165) is 27.8 Å². The lowest BCUT2D eigenvalue weighted by atomic mass is 10.1.